The molecule has 78 valence electrons. The molecule has 2 N–H and O–H groups in total. The largest absolute Gasteiger partial charge is 0.345 e. The highest BCUT2D eigenvalue weighted by atomic mass is 19.3. The molecule has 0 heterocycles. The van der Waals surface area contributed by atoms with E-state index in [2.05, 4.69) is 4.74 Å². The van der Waals surface area contributed by atoms with Gasteiger partial charge in [-0.1, -0.05) is 12.1 Å². The Labute approximate surface area is 79.5 Å². The summed E-state index contributed by atoms with van der Waals surface area (Å²) in [7, 11) is 0. The van der Waals surface area contributed by atoms with Crippen molar-refractivity contribution in [1.29, 1.82) is 0 Å². The van der Waals surface area contributed by atoms with Crippen molar-refractivity contribution in [3.8, 4) is 0 Å². The summed E-state index contributed by atoms with van der Waals surface area (Å²) in [4.78, 5) is 0. The number of benzene rings is 1. The summed E-state index contributed by atoms with van der Waals surface area (Å²) in [5.41, 5.74) is 6.07. The Bertz CT molecular complexity index is 276. The van der Waals surface area contributed by atoms with Gasteiger partial charge in [0.05, 0.1) is 12.6 Å². The van der Waals surface area contributed by atoms with Gasteiger partial charge < -0.3 is 10.5 Å². The lowest BCUT2D eigenvalue weighted by Crippen LogP contribution is -2.18. The van der Waals surface area contributed by atoms with Crippen LogP contribution in [0.4, 0.5) is 13.2 Å². The minimum Gasteiger partial charge on any atom is -0.322 e. The quantitative estimate of drug-likeness (QED) is 0.816. The highest BCUT2D eigenvalue weighted by Crippen LogP contribution is 2.12. The molecule has 1 atom stereocenters. The van der Waals surface area contributed by atoms with Crippen LogP contribution < -0.4 is 5.73 Å². The summed E-state index contributed by atoms with van der Waals surface area (Å²) in [6.07, 6.45) is 0. The molecule has 5 heteroatoms. The van der Waals surface area contributed by atoms with E-state index in [9.17, 15) is 13.2 Å². The van der Waals surface area contributed by atoms with Gasteiger partial charge in [0.15, 0.2) is 0 Å². The molecule has 1 rings (SSSR count). The lowest BCUT2D eigenvalue weighted by atomic mass is 10.1. The summed E-state index contributed by atoms with van der Waals surface area (Å²) in [6.45, 7) is -3.12. The summed E-state index contributed by atoms with van der Waals surface area (Å²) < 4.78 is 39.8. The number of alkyl halides is 2. The monoisotopic (exact) mass is 205 g/mol. The fourth-order valence-electron chi connectivity index (χ4n) is 0.983. The number of ether oxygens (including phenoxy) is 1. The lowest BCUT2D eigenvalue weighted by Gasteiger charge is -2.11. The van der Waals surface area contributed by atoms with Crippen molar-refractivity contribution in [2.24, 2.45) is 5.73 Å². The molecule has 0 spiro atoms. The van der Waals surface area contributed by atoms with Crippen LogP contribution in [0.15, 0.2) is 24.3 Å². The number of halogens is 3. The second-order valence-electron chi connectivity index (χ2n) is 2.75. The van der Waals surface area contributed by atoms with Crippen LogP contribution in [-0.4, -0.2) is 13.2 Å². The number of hydrogen-bond donors (Lipinski definition) is 1. The van der Waals surface area contributed by atoms with Gasteiger partial charge in [-0.3, -0.25) is 0 Å². The molecule has 1 aromatic carbocycles. The van der Waals surface area contributed by atoms with Gasteiger partial charge in [-0.15, -0.1) is 0 Å². The predicted octanol–water partition coefficient (Wildman–Crippen LogP) is 2.06. The van der Waals surface area contributed by atoms with Crippen LogP contribution in [0.2, 0.25) is 0 Å². The molecule has 1 aromatic rings. The maximum absolute atomic E-state index is 12.5. The molecule has 0 fully saturated rings. The van der Waals surface area contributed by atoms with Crippen LogP contribution >= 0.6 is 0 Å². The van der Waals surface area contributed by atoms with Crippen molar-refractivity contribution >= 4 is 0 Å². The molecule has 0 bridgehead atoms. The van der Waals surface area contributed by atoms with Crippen molar-refractivity contribution in [3.63, 3.8) is 0 Å². The minimum atomic E-state index is -2.83. The summed E-state index contributed by atoms with van der Waals surface area (Å²) in [5.74, 6) is -0.393. The van der Waals surface area contributed by atoms with Gasteiger partial charge >= 0.3 is 6.61 Å². The van der Waals surface area contributed by atoms with Gasteiger partial charge in [-0.25, -0.2) is 4.39 Å². The second kappa shape index (κ2) is 4.97. The van der Waals surface area contributed by atoms with E-state index in [1.807, 2.05) is 0 Å². The van der Waals surface area contributed by atoms with Crippen molar-refractivity contribution in [2.75, 3.05) is 6.61 Å². The molecular weight excluding hydrogens is 195 g/mol. The minimum absolute atomic E-state index is 0.288. The number of hydrogen-bond acceptors (Lipinski definition) is 2. The van der Waals surface area contributed by atoms with E-state index >= 15 is 0 Å². The van der Waals surface area contributed by atoms with Gasteiger partial charge in [0.1, 0.15) is 5.82 Å². The van der Waals surface area contributed by atoms with Gasteiger partial charge in [-0.2, -0.15) is 8.78 Å². The maximum atomic E-state index is 12.5. The fraction of sp³-hybridized carbons (Fsp3) is 0.333. The molecule has 2 nitrogen and oxygen atoms in total. The second-order valence-corrected chi connectivity index (χ2v) is 2.75. The van der Waals surface area contributed by atoms with Crippen LogP contribution in [0.25, 0.3) is 0 Å². The molecule has 0 amide bonds. The van der Waals surface area contributed by atoms with E-state index in [4.69, 9.17) is 5.73 Å². The van der Waals surface area contributed by atoms with Crippen LogP contribution in [0.1, 0.15) is 11.6 Å². The van der Waals surface area contributed by atoms with Gasteiger partial charge in [0.25, 0.3) is 0 Å². The Morgan fingerprint density at radius 3 is 2.29 bits per heavy atom. The summed E-state index contributed by atoms with van der Waals surface area (Å²) >= 11 is 0. The van der Waals surface area contributed by atoms with E-state index in [1.165, 1.54) is 24.3 Å². The highest BCUT2D eigenvalue weighted by Gasteiger charge is 2.09. The molecule has 0 aromatic heterocycles. The standard InChI is InChI=1S/C9H10F3NO/c10-7-3-1-6(2-4-7)8(13)5-14-9(11)12/h1-4,8-9H,5,13H2. The molecule has 0 aliphatic heterocycles. The average molecular weight is 205 g/mol. The zero-order valence-electron chi connectivity index (χ0n) is 7.29. The number of rotatable bonds is 4. The molecule has 0 aliphatic carbocycles. The van der Waals surface area contributed by atoms with Crippen LogP contribution in [-0.2, 0) is 4.74 Å². The molecule has 0 aliphatic rings. The SMILES string of the molecule is NC(COC(F)F)c1ccc(F)cc1. The first-order valence-electron chi connectivity index (χ1n) is 4.00. The average Bonchev–Trinajstić information content (AvgIpc) is 2.15. The Hall–Kier alpha value is -1.07. The third kappa shape index (κ3) is 3.35. The normalized spacial score (nSPS) is 13.2. The van der Waals surface area contributed by atoms with Crippen molar-refractivity contribution < 1.29 is 17.9 Å². The van der Waals surface area contributed by atoms with E-state index < -0.39 is 18.5 Å². The molecule has 0 saturated heterocycles. The van der Waals surface area contributed by atoms with Crippen molar-refractivity contribution in [3.05, 3.63) is 35.6 Å². The molecule has 0 radical (unpaired) electrons. The zero-order valence-corrected chi connectivity index (χ0v) is 7.29. The topological polar surface area (TPSA) is 35.2 Å². The summed E-state index contributed by atoms with van der Waals surface area (Å²) in [6, 6.07) is 4.66. The van der Waals surface area contributed by atoms with Gasteiger partial charge in [0, 0.05) is 0 Å². The number of nitrogens with two attached hydrogens (primary N) is 1. The molecule has 0 saturated carbocycles. The van der Waals surface area contributed by atoms with Crippen molar-refractivity contribution in [1.82, 2.24) is 0 Å². The lowest BCUT2D eigenvalue weighted by molar-refractivity contribution is -0.132. The van der Waals surface area contributed by atoms with E-state index in [0.29, 0.717) is 5.56 Å². The molecule has 1 unspecified atom stereocenters. The van der Waals surface area contributed by atoms with E-state index in [-0.39, 0.29) is 6.61 Å². The third-order valence-corrected chi connectivity index (χ3v) is 1.70. The molecule has 14 heavy (non-hydrogen) atoms. The highest BCUT2D eigenvalue weighted by molar-refractivity contribution is 5.19. The Balaban J connectivity index is 2.52. The first-order valence-corrected chi connectivity index (χ1v) is 4.00. The summed E-state index contributed by atoms with van der Waals surface area (Å²) in [5, 5.41) is 0. The first kappa shape index (κ1) is 11.0. The van der Waals surface area contributed by atoms with Crippen LogP contribution in [0, 0.1) is 5.82 Å². The Morgan fingerprint density at radius 2 is 1.79 bits per heavy atom. The fourth-order valence-corrected chi connectivity index (χ4v) is 0.983. The Morgan fingerprint density at radius 1 is 1.21 bits per heavy atom. The maximum Gasteiger partial charge on any atom is 0.345 e. The van der Waals surface area contributed by atoms with Crippen molar-refractivity contribution in [2.45, 2.75) is 12.7 Å². The first-order chi connectivity index (χ1) is 6.59. The zero-order chi connectivity index (χ0) is 10.6. The predicted molar refractivity (Wildman–Crippen MR) is 45.3 cm³/mol. The van der Waals surface area contributed by atoms with Gasteiger partial charge in [0.2, 0.25) is 0 Å². The smallest absolute Gasteiger partial charge is 0.322 e. The van der Waals surface area contributed by atoms with Crippen LogP contribution in [0.3, 0.4) is 0 Å². The molecular formula is C9H10F3NO. The van der Waals surface area contributed by atoms with Gasteiger partial charge in [-0.05, 0) is 17.7 Å². The van der Waals surface area contributed by atoms with E-state index in [0.717, 1.165) is 0 Å². The Kier molecular flexibility index (Phi) is 3.91. The third-order valence-electron chi connectivity index (χ3n) is 1.70. The van der Waals surface area contributed by atoms with Crippen LogP contribution in [0.5, 0.6) is 0 Å². The van der Waals surface area contributed by atoms with E-state index in [1.54, 1.807) is 0 Å².